The number of nitrogens with zero attached hydrogens (tertiary/aromatic N) is 5. The van der Waals surface area contributed by atoms with Crippen LogP contribution in [0, 0.1) is 0 Å². The Hall–Kier alpha value is -10.6. The molecule has 0 aliphatic rings. The van der Waals surface area contributed by atoms with Gasteiger partial charge in [-0.2, -0.15) is 0 Å². The summed E-state index contributed by atoms with van der Waals surface area (Å²) in [7, 11) is 0. The maximum atomic E-state index is 3.95. The van der Waals surface area contributed by atoms with Crippen LogP contribution in [-0.2, 0) is 6.42 Å². The van der Waals surface area contributed by atoms with Crippen molar-refractivity contribution in [2.75, 3.05) is 0 Å². The Morgan fingerprint density at radius 2 is 0.613 bits per heavy atom. The van der Waals surface area contributed by atoms with Gasteiger partial charge in [-0.1, -0.05) is 183 Å². The monoisotopic (exact) mass is 1030 g/mol. The summed E-state index contributed by atoms with van der Waals surface area (Å²) in [4.78, 5) is 0. The molecule has 0 fully saturated rings. The summed E-state index contributed by atoms with van der Waals surface area (Å²) in [5, 5.41) is 2.22. The molecule has 0 amide bonds. The highest BCUT2D eigenvalue weighted by Crippen LogP contribution is 2.28. The molecule has 0 atom stereocenters. The molecule has 12 rings (SSSR count). The molecule has 0 aliphatic carbocycles. The summed E-state index contributed by atoms with van der Waals surface area (Å²) < 4.78 is 11.7. The van der Waals surface area contributed by atoms with Crippen molar-refractivity contribution in [1.82, 2.24) is 22.8 Å². The third-order valence-electron chi connectivity index (χ3n) is 14.3. The van der Waals surface area contributed by atoms with Crippen LogP contribution in [-0.4, -0.2) is 22.8 Å². The first-order chi connectivity index (χ1) is 39.6. The smallest absolute Gasteiger partial charge is 0.0482 e. The summed E-state index contributed by atoms with van der Waals surface area (Å²) >= 11 is 0. The third kappa shape index (κ3) is 11.1. The van der Waals surface area contributed by atoms with Gasteiger partial charge in [0, 0.05) is 84.1 Å². The fourth-order valence-corrected chi connectivity index (χ4v) is 10.7. The molecule has 0 unspecified atom stereocenters. The SMILES string of the molecule is C=C/C=C\C=C/n1c2cccc(c2)c(Cc2ccccc2)cc2cccc(c2)n(-c2ccccc2)c2cccc(c2)n(-c2ccccc2)c2cccc(c2)n(-c2ccccc2)c2cccc(c2)n(-c2ccccc2)c2cccc1c2. The lowest BCUT2D eigenvalue weighted by Crippen LogP contribution is -2.01. The molecule has 0 N–H and O–H groups in total. The van der Waals surface area contributed by atoms with Crippen molar-refractivity contribution in [2.45, 2.75) is 6.42 Å². The highest BCUT2D eigenvalue weighted by Gasteiger charge is 2.09. The molecule has 0 radical (unpaired) electrons. The van der Waals surface area contributed by atoms with E-state index < -0.39 is 0 Å². The van der Waals surface area contributed by atoms with E-state index in [4.69, 9.17) is 0 Å². The molecule has 12 bridgehead atoms. The van der Waals surface area contributed by atoms with Gasteiger partial charge in [0.2, 0.25) is 0 Å². The maximum absolute atomic E-state index is 3.95. The van der Waals surface area contributed by atoms with E-state index in [9.17, 15) is 0 Å². The van der Waals surface area contributed by atoms with Crippen molar-refractivity contribution in [3.63, 3.8) is 0 Å². The van der Waals surface area contributed by atoms with E-state index in [1.165, 1.54) is 11.1 Å². The molecule has 12 aromatic rings. The molecule has 0 saturated carbocycles. The van der Waals surface area contributed by atoms with E-state index in [2.05, 4.69) is 345 Å². The van der Waals surface area contributed by atoms with Crippen molar-refractivity contribution >= 4 is 72.1 Å². The van der Waals surface area contributed by atoms with E-state index in [-0.39, 0.29) is 0 Å². The third-order valence-corrected chi connectivity index (χ3v) is 14.3. The van der Waals surface area contributed by atoms with Crippen LogP contribution in [0.5, 0.6) is 0 Å². The fraction of sp³-hybridized carbons (Fsp3) is 0.0133. The minimum absolute atomic E-state index is 0.732. The van der Waals surface area contributed by atoms with Crippen molar-refractivity contribution in [3.8, 4) is 22.7 Å². The molecule has 384 valence electrons. The predicted octanol–water partition coefficient (Wildman–Crippen LogP) is 19.4. The lowest BCUT2D eigenvalue weighted by molar-refractivity contribution is 1.13. The van der Waals surface area contributed by atoms with Gasteiger partial charge in [0.05, 0.1) is 0 Å². The largest absolute Gasteiger partial charge is 0.317 e. The molecule has 11 aromatic carbocycles. The maximum Gasteiger partial charge on any atom is 0.0482 e. The van der Waals surface area contributed by atoms with Gasteiger partial charge >= 0.3 is 0 Å². The van der Waals surface area contributed by atoms with Crippen LogP contribution in [0.1, 0.15) is 11.1 Å². The first kappa shape index (κ1) is 50.2. The lowest BCUT2D eigenvalue weighted by atomic mass is 10.0. The Kier molecular flexibility index (Phi) is 14.9. The van der Waals surface area contributed by atoms with Gasteiger partial charge in [0.25, 0.3) is 0 Å². The van der Waals surface area contributed by atoms with E-state index in [1.807, 2.05) is 12.2 Å². The molecule has 0 spiro atoms. The summed E-state index contributed by atoms with van der Waals surface area (Å²) in [5.41, 5.74) is 16.8. The van der Waals surface area contributed by atoms with Gasteiger partial charge in [-0.05, 0) is 180 Å². The van der Waals surface area contributed by atoms with Crippen molar-refractivity contribution in [2.24, 2.45) is 0 Å². The van der Waals surface area contributed by atoms with Crippen LogP contribution in [0.25, 0.3) is 94.9 Å². The number of aromatic nitrogens is 5. The quantitative estimate of drug-likeness (QED) is 0.129. The predicted molar refractivity (Wildman–Crippen MR) is 340 cm³/mol. The number of benzene rings is 11. The van der Waals surface area contributed by atoms with Crippen LogP contribution in [0.4, 0.5) is 0 Å². The minimum Gasteiger partial charge on any atom is -0.317 e. The zero-order valence-electron chi connectivity index (χ0n) is 44.4. The molecular formula is C75H59N5. The first-order valence-electron chi connectivity index (χ1n) is 27.1. The lowest BCUT2D eigenvalue weighted by Gasteiger charge is -2.16. The molecule has 80 heavy (non-hydrogen) atoms. The van der Waals surface area contributed by atoms with Crippen LogP contribution in [0.3, 0.4) is 0 Å². The normalized spacial score (nSPS) is 11.2. The Bertz CT molecular complexity index is 4550. The average Bonchev–Trinajstić information content (AvgIpc) is 3.60. The highest BCUT2D eigenvalue weighted by molar-refractivity contribution is 5.81. The second-order valence-electron chi connectivity index (χ2n) is 19.6. The van der Waals surface area contributed by atoms with Crippen LogP contribution < -0.4 is 0 Å². The molecule has 0 saturated heterocycles. The van der Waals surface area contributed by atoms with Gasteiger partial charge in [-0.3, -0.25) is 0 Å². The number of para-hydroxylation sites is 4. The van der Waals surface area contributed by atoms with Gasteiger partial charge in [-0.15, -0.1) is 0 Å². The van der Waals surface area contributed by atoms with E-state index in [0.717, 1.165) is 95.1 Å². The Morgan fingerprint density at radius 1 is 0.275 bits per heavy atom. The molecule has 0 aliphatic heterocycles. The Balaban J connectivity index is 1.30. The molecule has 5 heteroatoms. The summed E-state index contributed by atoms with van der Waals surface area (Å²) in [5.74, 6) is 0. The summed E-state index contributed by atoms with van der Waals surface area (Å²) in [6, 6.07) is 109. The number of rotatable bonds is 9. The van der Waals surface area contributed by atoms with Gasteiger partial charge in [0.15, 0.2) is 0 Å². The molecule has 5 nitrogen and oxygen atoms in total. The second kappa shape index (κ2) is 23.7. The zero-order chi connectivity index (χ0) is 53.9. The summed E-state index contributed by atoms with van der Waals surface area (Å²) in [6.07, 6.45) is 10.7. The average molecular weight is 1030 g/mol. The van der Waals surface area contributed by atoms with E-state index >= 15 is 0 Å². The van der Waals surface area contributed by atoms with Crippen molar-refractivity contribution < 1.29 is 0 Å². The fourth-order valence-electron chi connectivity index (χ4n) is 10.7. The van der Waals surface area contributed by atoms with E-state index in [0.29, 0.717) is 0 Å². The second-order valence-corrected chi connectivity index (χ2v) is 19.6. The van der Waals surface area contributed by atoms with Crippen molar-refractivity contribution in [3.05, 3.63) is 345 Å². The van der Waals surface area contributed by atoms with Crippen molar-refractivity contribution in [1.29, 1.82) is 0 Å². The van der Waals surface area contributed by atoms with Gasteiger partial charge in [-0.25, -0.2) is 0 Å². The van der Waals surface area contributed by atoms with Gasteiger partial charge in [0.1, 0.15) is 0 Å². The van der Waals surface area contributed by atoms with Crippen LogP contribution in [0.15, 0.2) is 334 Å². The standard InChI is InChI=1S/C75H59N5/c1-2-3-4-20-49-76-66-39-22-30-60(53-66)61(50-58-27-10-5-11-28-58)51-59-29-21-41-68(52-59)77(62-31-12-6-13-32-62)70-43-24-45-72(55-70)79(64-35-16-8-17-36-64)74-47-26-48-75(57-74)80(65-37-18-9-19-38-65)73-46-25-44-71(56-73)78(63-33-14-7-15-34-63)69-42-23-40-67(76)54-69/h2-49,51-57H,1,50H2/b4-3-,49-20-,61-51?. The highest BCUT2D eigenvalue weighted by atomic mass is 15.0. The number of hydrogen-bond acceptors (Lipinski definition) is 0. The van der Waals surface area contributed by atoms with Crippen LogP contribution >= 0.6 is 0 Å². The van der Waals surface area contributed by atoms with Gasteiger partial charge < -0.3 is 22.8 Å². The number of hydrogen-bond donors (Lipinski definition) is 0. The number of allylic oxidation sites excluding steroid dienone is 4. The first-order valence-corrected chi connectivity index (χ1v) is 27.1. The molecular weight excluding hydrogens is 971 g/mol. The molecule has 1 aromatic heterocycles. The van der Waals surface area contributed by atoms with E-state index in [1.54, 1.807) is 6.08 Å². The number of fused-ring (bicyclic) bond motifs is 12. The van der Waals surface area contributed by atoms with Crippen LogP contribution in [0.2, 0.25) is 0 Å². The Morgan fingerprint density at radius 3 is 1.02 bits per heavy atom. The minimum atomic E-state index is 0.732. The topological polar surface area (TPSA) is 24.6 Å². The summed E-state index contributed by atoms with van der Waals surface area (Å²) in [6.45, 7) is 3.95. The molecule has 1 heterocycles. The Labute approximate surface area is 467 Å². The zero-order valence-corrected chi connectivity index (χ0v) is 44.4.